The summed E-state index contributed by atoms with van der Waals surface area (Å²) >= 11 is 6.41. The molecule has 0 radical (unpaired) electrons. The Morgan fingerprint density at radius 3 is 2.29 bits per heavy atom. The largest absolute Gasteiger partial charge is 0.497 e. The molecule has 1 N–H and O–H groups in total. The molecule has 3 aromatic carbocycles. The normalized spacial score (nSPS) is 11.7. The van der Waals surface area contributed by atoms with Crippen LogP contribution in [-0.4, -0.2) is 43.0 Å². The molecule has 0 unspecified atom stereocenters. The fraction of sp³-hybridized carbons (Fsp3) is 0.185. The van der Waals surface area contributed by atoms with Gasteiger partial charge < -0.3 is 28.4 Å². The Bertz CT molecular complexity index is 1660. The van der Waals surface area contributed by atoms with Gasteiger partial charge in [-0.15, -0.1) is 0 Å². The molecule has 0 aliphatic carbocycles. The Morgan fingerprint density at radius 1 is 0.895 bits per heavy atom. The lowest BCUT2D eigenvalue weighted by atomic mass is 10.2. The number of nitrogens with zero attached hydrogens (tertiary/aromatic N) is 3. The van der Waals surface area contributed by atoms with Crippen LogP contribution in [0, 0.1) is 0 Å². The first-order valence-corrected chi connectivity index (χ1v) is 13.6. The van der Waals surface area contributed by atoms with Gasteiger partial charge in [-0.05, 0) is 59.6 Å². The van der Waals surface area contributed by atoms with E-state index in [0.29, 0.717) is 34.6 Å². The summed E-state index contributed by atoms with van der Waals surface area (Å²) in [5.41, 5.74) is 4.03. The van der Waals surface area contributed by atoms with Gasteiger partial charge in [0.2, 0.25) is 5.28 Å². The summed E-state index contributed by atoms with van der Waals surface area (Å²) in [5.74, 6) is 1.98. The SMILES string of the molecule is COc1ccc(Cn2c3cc(OC)ccc3c3nc(Cl)nc(Nc4cccc(P(=O)(OC)OC)c4)c32)cc1. The van der Waals surface area contributed by atoms with E-state index in [1.807, 2.05) is 48.5 Å². The highest BCUT2D eigenvalue weighted by atomic mass is 35.5. The molecule has 0 atom stereocenters. The molecule has 196 valence electrons. The zero-order chi connectivity index (χ0) is 26.9. The van der Waals surface area contributed by atoms with E-state index in [9.17, 15) is 4.57 Å². The second kappa shape index (κ2) is 10.6. The number of ether oxygens (including phenoxy) is 2. The van der Waals surface area contributed by atoms with Gasteiger partial charge in [-0.1, -0.05) is 18.2 Å². The van der Waals surface area contributed by atoms with Crippen molar-refractivity contribution in [3.63, 3.8) is 0 Å². The third kappa shape index (κ3) is 4.81. The summed E-state index contributed by atoms with van der Waals surface area (Å²) in [5, 5.41) is 4.75. The Hall–Kier alpha value is -3.62. The fourth-order valence-corrected chi connectivity index (χ4v) is 5.70. The van der Waals surface area contributed by atoms with Crippen molar-refractivity contribution in [3.8, 4) is 11.5 Å². The molecule has 0 saturated carbocycles. The number of benzene rings is 3. The third-order valence-electron chi connectivity index (χ3n) is 6.28. The highest BCUT2D eigenvalue weighted by Crippen LogP contribution is 2.45. The first-order valence-electron chi connectivity index (χ1n) is 11.6. The molecule has 11 heteroatoms. The van der Waals surface area contributed by atoms with Gasteiger partial charge in [0.25, 0.3) is 0 Å². The molecule has 2 heterocycles. The van der Waals surface area contributed by atoms with E-state index in [0.717, 1.165) is 27.7 Å². The lowest BCUT2D eigenvalue weighted by Crippen LogP contribution is -2.09. The molecule has 2 aromatic heterocycles. The number of hydrogen-bond acceptors (Lipinski definition) is 8. The number of rotatable bonds is 9. The Kier molecular flexibility index (Phi) is 7.27. The zero-order valence-corrected chi connectivity index (χ0v) is 22.9. The molecule has 0 spiro atoms. The molecule has 9 nitrogen and oxygen atoms in total. The minimum Gasteiger partial charge on any atom is -0.497 e. The van der Waals surface area contributed by atoms with Crippen LogP contribution in [-0.2, 0) is 20.2 Å². The van der Waals surface area contributed by atoms with Gasteiger partial charge in [0, 0.05) is 37.9 Å². The van der Waals surface area contributed by atoms with Crippen LogP contribution in [0.25, 0.3) is 21.9 Å². The highest BCUT2D eigenvalue weighted by molar-refractivity contribution is 7.62. The summed E-state index contributed by atoms with van der Waals surface area (Å²) in [7, 11) is 2.53. The van der Waals surface area contributed by atoms with Crippen molar-refractivity contribution in [2.45, 2.75) is 6.54 Å². The summed E-state index contributed by atoms with van der Waals surface area (Å²) in [4.78, 5) is 9.12. The minimum atomic E-state index is -3.45. The molecule has 0 saturated heterocycles. The summed E-state index contributed by atoms with van der Waals surface area (Å²) in [6, 6.07) is 20.7. The van der Waals surface area contributed by atoms with Gasteiger partial charge in [0.05, 0.1) is 25.0 Å². The predicted octanol–water partition coefficient (Wildman–Crippen LogP) is 6.16. The third-order valence-corrected chi connectivity index (χ3v) is 8.32. The van der Waals surface area contributed by atoms with Crippen LogP contribution in [0.4, 0.5) is 11.5 Å². The van der Waals surface area contributed by atoms with Crippen molar-refractivity contribution in [3.05, 3.63) is 77.6 Å². The second-order valence-corrected chi connectivity index (χ2v) is 11.0. The molecule has 0 amide bonds. The quantitative estimate of drug-likeness (QED) is 0.172. The minimum absolute atomic E-state index is 0.0925. The molecule has 0 aliphatic heterocycles. The van der Waals surface area contributed by atoms with Gasteiger partial charge in [0.15, 0.2) is 5.82 Å². The lowest BCUT2D eigenvalue weighted by Gasteiger charge is -2.16. The standard InChI is InChI=1S/C27H26ClN4O5P/c1-34-19-10-8-17(9-11-19)16-32-23-15-20(35-2)12-13-22(23)24-25(32)26(31-27(28)30-24)29-18-6-5-7-21(14-18)38(33,36-3)37-4/h5-15H,16H2,1-4H3,(H,29,30,31). The van der Waals surface area contributed by atoms with Crippen LogP contribution in [0.1, 0.15) is 5.56 Å². The number of nitrogens with one attached hydrogen (secondary N) is 1. The number of hydrogen-bond donors (Lipinski definition) is 1. The van der Waals surface area contributed by atoms with Gasteiger partial charge >= 0.3 is 7.60 Å². The van der Waals surface area contributed by atoms with E-state index in [1.54, 1.807) is 32.4 Å². The molecular formula is C27H26ClN4O5P. The summed E-state index contributed by atoms with van der Waals surface area (Å²) in [6.45, 7) is 0.527. The van der Waals surface area contributed by atoms with Crippen molar-refractivity contribution in [2.75, 3.05) is 33.8 Å². The van der Waals surface area contributed by atoms with Crippen molar-refractivity contribution < 1.29 is 23.1 Å². The molecular weight excluding hydrogens is 527 g/mol. The number of anilines is 2. The number of halogens is 1. The fourth-order valence-electron chi connectivity index (χ4n) is 4.39. The van der Waals surface area contributed by atoms with Crippen LogP contribution in [0.5, 0.6) is 11.5 Å². The first kappa shape index (κ1) is 26.0. The van der Waals surface area contributed by atoms with Crippen LogP contribution in [0.3, 0.4) is 0 Å². The van der Waals surface area contributed by atoms with Crippen molar-refractivity contribution in [1.29, 1.82) is 0 Å². The van der Waals surface area contributed by atoms with Gasteiger partial charge in [0.1, 0.15) is 22.5 Å². The molecule has 5 aromatic rings. The van der Waals surface area contributed by atoms with Crippen molar-refractivity contribution >= 4 is 57.9 Å². The first-order chi connectivity index (χ1) is 18.4. The molecule has 5 rings (SSSR count). The maximum absolute atomic E-state index is 13.0. The van der Waals surface area contributed by atoms with E-state index < -0.39 is 7.60 Å². The van der Waals surface area contributed by atoms with E-state index in [1.165, 1.54) is 14.2 Å². The van der Waals surface area contributed by atoms with Crippen LogP contribution in [0.15, 0.2) is 66.7 Å². The average Bonchev–Trinajstić information content (AvgIpc) is 3.25. The second-order valence-electron chi connectivity index (χ2n) is 8.39. The van der Waals surface area contributed by atoms with Gasteiger partial charge in [-0.3, -0.25) is 4.57 Å². The predicted molar refractivity (Wildman–Crippen MR) is 150 cm³/mol. The molecule has 0 fully saturated rings. The number of methoxy groups -OCH3 is 2. The van der Waals surface area contributed by atoms with Crippen LogP contribution >= 0.6 is 19.2 Å². The van der Waals surface area contributed by atoms with E-state index >= 15 is 0 Å². The van der Waals surface area contributed by atoms with Gasteiger partial charge in [-0.2, -0.15) is 4.98 Å². The molecule has 38 heavy (non-hydrogen) atoms. The van der Waals surface area contributed by atoms with Crippen LogP contribution < -0.4 is 20.1 Å². The lowest BCUT2D eigenvalue weighted by molar-refractivity contribution is 0.287. The van der Waals surface area contributed by atoms with E-state index in [-0.39, 0.29) is 5.28 Å². The van der Waals surface area contributed by atoms with E-state index in [2.05, 4.69) is 19.9 Å². The number of fused-ring (bicyclic) bond motifs is 3. The molecule has 0 aliphatic rings. The Labute approximate surface area is 224 Å². The van der Waals surface area contributed by atoms with Crippen molar-refractivity contribution in [2.24, 2.45) is 0 Å². The highest BCUT2D eigenvalue weighted by Gasteiger charge is 2.25. The van der Waals surface area contributed by atoms with E-state index in [4.69, 9.17) is 30.1 Å². The maximum Gasteiger partial charge on any atom is 0.360 e. The number of aromatic nitrogens is 3. The average molecular weight is 553 g/mol. The molecule has 0 bridgehead atoms. The van der Waals surface area contributed by atoms with Gasteiger partial charge in [-0.25, -0.2) is 4.98 Å². The maximum atomic E-state index is 13.0. The Balaban J connectivity index is 1.70. The Morgan fingerprint density at radius 2 is 1.61 bits per heavy atom. The topological polar surface area (TPSA) is 96.7 Å². The smallest absolute Gasteiger partial charge is 0.360 e. The monoisotopic (exact) mass is 552 g/mol. The van der Waals surface area contributed by atoms with Crippen molar-refractivity contribution in [1.82, 2.24) is 14.5 Å². The van der Waals surface area contributed by atoms with Crippen LogP contribution in [0.2, 0.25) is 5.28 Å². The zero-order valence-electron chi connectivity index (χ0n) is 21.3. The summed E-state index contributed by atoms with van der Waals surface area (Å²) < 4.78 is 36.2. The summed E-state index contributed by atoms with van der Waals surface area (Å²) in [6.07, 6.45) is 0.